The van der Waals surface area contributed by atoms with Crippen molar-refractivity contribution in [2.45, 2.75) is 31.9 Å². The van der Waals surface area contributed by atoms with Gasteiger partial charge in [0.1, 0.15) is 0 Å². The highest BCUT2D eigenvalue weighted by Crippen LogP contribution is 2.47. The summed E-state index contributed by atoms with van der Waals surface area (Å²) in [7, 11) is 0. The normalized spacial score (nSPS) is 23.1. The number of nitrogens with one attached hydrogen (secondary N) is 1. The summed E-state index contributed by atoms with van der Waals surface area (Å²) in [6, 6.07) is 5.74. The Labute approximate surface area is 105 Å². The predicted molar refractivity (Wildman–Crippen MR) is 65.5 cm³/mol. The van der Waals surface area contributed by atoms with Gasteiger partial charge in [-0.15, -0.1) is 0 Å². The zero-order valence-corrected chi connectivity index (χ0v) is 10.4. The molecule has 0 saturated heterocycles. The van der Waals surface area contributed by atoms with Gasteiger partial charge in [0, 0.05) is 0 Å². The van der Waals surface area contributed by atoms with E-state index in [0.29, 0.717) is 11.8 Å². The quantitative estimate of drug-likeness (QED) is 0.791. The highest BCUT2D eigenvalue weighted by Gasteiger charge is 2.39. The summed E-state index contributed by atoms with van der Waals surface area (Å²) in [6.07, 6.45) is -2.15. The van der Waals surface area contributed by atoms with E-state index >= 15 is 0 Å². The van der Waals surface area contributed by atoms with Gasteiger partial charge in [-0.2, -0.15) is 13.2 Å². The van der Waals surface area contributed by atoms with E-state index in [1.54, 1.807) is 6.07 Å². The van der Waals surface area contributed by atoms with Crippen LogP contribution in [0, 0.1) is 5.92 Å². The Balaban J connectivity index is 1.95. The highest BCUT2D eigenvalue weighted by atomic mass is 19.4. The molecule has 0 radical (unpaired) electrons. The molecular weight excluding hydrogens is 239 g/mol. The van der Waals surface area contributed by atoms with Crippen molar-refractivity contribution in [1.29, 1.82) is 0 Å². The Morgan fingerprint density at radius 2 is 2.11 bits per heavy atom. The van der Waals surface area contributed by atoms with Crippen molar-refractivity contribution in [3.8, 4) is 0 Å². The van der Waals surface area contributed by atoms with E-state index in [9.17, 15) is 13.2 Å². The maximum absolute atomic E-state index is 12.6. The molecule has 2 unspecified atom stereocenters. The molecule has 0 bridgehead atoms. The van der Waals surface area contributed by atoms with Crippen molar-refractivity contribution in [2.75, 3.05) is 13.1 Å². The van der Waals surface area contributed by atoms with Crippen LogP contribution in [0.5, 0.6) is 0 Å². The van der Waals surface area contributed by atoms with Crippen LogP contribution in [0.1, 0.15) is 36.8 Å². The van der Waals surface area contributed by atoms with Crippen LogP contribution in [0.25, 0.3) is 0 Å². The lowest BCUT2D eigenvalue weighted by Crippen LogP contribution is -2.17. The van der Waals surface area contributed by atoms with Crippen molar-refractivity contribution in [3.05, 3.63) is 35.4 Å². The summed E-state index contributed by atoms with van der Waals surface area (Å²) >= 11 is 0. The second-order valence-corrected chi connectivity index (χ2v) is 4.93. The summed E-state index contributed by atoms with van der Waals surface area (Å²) in [5.74, 6) is 0.802. The Morgan fingerprint density at radius 1 is 1.33 bits per heavy atom. The first kappa shape index (κ1) is 13.4. The molecule has 2 atom stereocenters. The molecule has 1 saturated carbocycles. The van der Waals surface area contributed by atoms with Crippen molar-refractivity contribution in [2.24, 2.45) is 5.92 Å². The molecule has 0 amide bonds. The summed E-state index contributed by atoms with van der Waals surface area (Å²) < 4.78 is 37.8. The molecule has 0 spiro atoms. The molecule has 4 heteroatoms. The average Bonchev–Trinajstić information content (AvgIpc) is 3.08. The third-order valence-corrected chi connectivity index (χ3v) is 3.40. The van der Waals surface area contributed by atoms with Gasteiger partial charge in [-0.1, -0.05) is 25.1 Å². The van der Waals surface area contributed by atoms with Gasteiger partial charge < -0.3 is 5.32 Å². The van der Waals surface area contributed by atoms with E-state index in [-0.39, 0.29) is 0 Å². The van der Waals surface area contributed by atoms with Crippen molar-refractivity contribution >= 4 is 0 Å². The SMILES string of the molecule is CCCNCC1CC1c1cccc(C(F)(F)F)c1. The van der Waals surface area contributed by atoms with Gasteiger partial charge in [0.05, 0.1) is 5.56 Å². The van der Waals surface area contributed by atoms with Crippen LogP contribution in [0.2, 0.25) is 0 Å². The smallest absolute Gasteiger partial charge is 0.316 e. The van der Waals surface area contributed by atoms with Gasteiger partial charge in [0.2, 0.25) is 0 Å². The monoisotopic (exact) mass is 257 g/mol. The molecule has 0 aliphatic heterocycles. The summed E-state index contributed by atoms with van der Waals surface area (Å²) in [5, 5.41) is 3.32. The van der Waals surface area contributed by atoms with Gasteiger partial charge in [0.25, 0.3) is 0 Å². The number of hydrogen-bond donors (Lipinski definition) is 1. The van der Waals surface area contributed by atoms with Gasteiger partial charge in [-0.3, -0.25) is 0 Å². The highest BCUT2D eigenvalue weighted by molar-refractivity contribution is 5.32. The van der Waals surface area contributed by atoms with Gasteiger partial charge >= 0.3 is 6.18 Å². The summed E-state index contributed by atoms with van der Waals surface area (Å²) in [6.45, 7) is 3.99. The number of halogens is 3. The third kappa shape index (κ3) is 3.25. The van der Waals surface area contributed by atoms with Gasteiger partial charge in [-0.25, -0.2) is 0 Å². The first-order valence-corrected chi connectivity index (χ1v) is 6.40. The van der Waals surface area contributed by atoms with Crippen molar-refractivity contribution in [1.82, 2.24) is 5.32 Å². The van der Waals surface area contributed by atoms with Crippen molar-refractivity contribution in [3.63, 3.8) is 0 Å². The van der Waals surface area contributed by atoms with E-state index < -0.39 is 11.7 Å². The van der Waals surface area contributed by atoms with Crippen LogP contribution < -0.4 is 5.32 Å². The number of benzene rings is 1. The van der Waals surface area contributed by atoms with E-state index in [4.69, 9.17) is 0 Å². The van der Waals surface area contributed by atoms with E-state index in [0.717, 1.165) is 37.6 Å². The van der Waals surface area contributed by atoms with Crippen LogP contribution in [-0.4, -0.2) is 13.1 Å². The maximum Gasteiger partial charge on any atom is 0.416 e. The fourth-order valence-corrected chi connectivity index (χ4v) is 2.29. The van der Waals surface area contributed by atoms with Crippen LogP contribution in [-0.2, 0) is 6.18 Å². The van der Waals surface area contributed by atoms with Gasteiger partial charge in [-0.05, 0) is 49.4 Å². The lowest BCUT2D eigenvalue weighted by atomic mass is 10.1. The van der Waals surface area contributed by atoms with Crippen LogP contribution in [0.15, 0.2) is 24.3 Å². The molecule has 0 heterocycles. The van der Waals surface area contributed by atoms with Gasteiger partial charge in [0.15, 0.2) is 0 Å². The molecule has 1 aliphatic rings. The fourth-order valence-electron chi connectivity index (χ4n) is 2.29. The third-order valence-electron chi connectivity index (χ3n) is 3.40. The molecule has 1 N–H and O–H groups in total. The molecular formula is C14H18F3N. The molecule has 0 aromatic heterocycles. The molecule has 2 rings (SSSR count). The van der Waals surface area contributed by atoms with Crippen LogP contribution >= 0.6 is 0 Å². The Bertz CT molecular complexity index is 400. The fraction of sp³-hybridized carbons (Fsp3) is 0.571. The molecule has 1 aromatic rings. The lowest BCUT2D eigenvalue weighted by Gasteiger charge is -2.08. The number of alkyl halides is 3. The topological polar surface area (TPSA) is 12.0 Å². The Morgan fingerprint density at radius 3 is 2.78 bits per heavy atom. The standard InChI is InChI=1S/C14H18F3N/c1-2-6-18-9-11-8-13(11)10-4-3-5-12(7-10)14(15,16)17/h3-5,7,11,13,18H,2,6,8-9H2,1H3. The second-order valence-electron chi connectivity index (χ2n) is 4.93. The van der Waals surface area contributed by atoms with Crippen LogP contribution in [0.3, 0.4) is 0 Å². The molecule has 18 heavy (non-hydrogen) atoms. The average molecular weight is 257 g/mol. The van der Waals surface area contributed by atoms with E-state index in [1.807, 2.05) is 0 Å². The summed E-state index contributed by atoms with van der Waals surface area (Å²) in [4.78, 5) is 0. The van der Waals surface area contributed by atoms with E-state index in [1.165, 1.54) is 12.1 Å². The summed E-state index contributed by atoms with van der Waals surface area (Å²) in [5.41, 5.74) is 0.292. The first-order chi connectivity index (χ1) is 8.52. The second kappa shape index (κ2) is 5.31. The molecule has 1 aliphatic carbocycles. The Kier molecular flexibility index (Phi) is 3.95. The molecule has 1 fully saturated rings. The maximum atomic E-state index is 12.6. The minimum absolute atomic E-state index is 0.302. The molecule has 1 aromatic carbocycles. The zero-order chi connectivity index (χ0) is 13.2. The zero-order valence-electron chi connectivity index (χ0n) is 10.4. The number of hydrogen-bond acceptors (Lipinski definition) is 1. The lowest BCUT2D eigenvalue weighted by molar-refractivity contribution is -0.137. The van der Waals surface area contributed by atoms with Crippen LogP contribution in [0.4, 0.5) is 13.2 Å². The van der Waals surface area contributed by atoms with E-state index in [2.05, 4.69) is 12.2 Å². The molecule has 1 nitrogen and oxygen atoms in total. The number of rotatable bonds is 5. The molecule has 100 valence electrons. The predicted octanol–water partition coefficient (Wildman–Crippen LogP) is 3.81. The Hall–Kier alpha value is -1.03. The first-order valence-electron chi connectivity index (χ1n) is 6.40. The minimum atomic E-state index is -4.24. The minimum Gasteiger partial charge on any atom is -0.316 e. The largest absolute Gasteiger partial charge is 0.416 e. The van der Waals surface area contributed by atoms with Crippen molar-refractivity contribution < 1.29 is 13.2 Å².